The molecule has 0 aromatic carbocycles. The van der Waals surface area contributed by atoms with Gasteiger partial charge in [0.2, 0.25) is 0 Å². The lowest BCUT2D eigenvalue weighted by Gasteiger charge is -2.38. The highest BCUT2D eigenvalue weighted by molar-refractivity contribution is 4.79. The monoisotopic (exact) mass is 337 g/mol. The van der Waals surface area contributed by atoms with Crippen molar-refractivity contribution in [3.63, 3.8) is 0 Å². The molecule has 0 radical (unpaired) electrons. The second-order valence-corrected chi connectivity index (χ2v) is 7.52. The molecule has 7 heteroatoms. The molecule has 2 aliphatic rings. The van der Waals surface area contributed by atoms with Gasteiger partial charge in [-0.1, -0.05) is 0 Å². The maximum Gasteiger partial charge on any atom is 0.137 e. The maximum absolute atomic E-state index is 10.5. The predicted octanol–water partition coefficient (Wildman–Crippen LogP) is 0.460. The summed E-state index contributed by atoms with van der Waals surface area (Å²) in [5, 5.41) is 14.7. The van der Waals surface area contributed by atoms with Gasteiger partial charge in [-0.05, 0) is 39.2 Å². The van der Waals surface area contributed by atoms with Gasteiger partial charge in [0.05, 0.1) is 18.3 Å². The first-order chi connectivity index (χ1) is 11.6. The fourth-order valence-electron chi connectivity index (χ4n) is 4.14. The molecule has 0 bridgehead atoms. The lowest BCUT2D eigenvalue weighted by Crippen LogP contribution is -2.50. The third-order valence-electron chi connectivity index (χ3n) is 4.95. The van der Waals surface area contributed by atoms with Crippen LogP contribution in [0.4, 0.5) is 0 Å². The summed E-state index contributed by atoms with van der Waals surface area (Å²) >= 11 is 0. The molecule has 1 aromatic heterocycles. The minimum absolute atomic E-state index is 0.253. The minimum Gasteiger partial charge on any atom is -0.390 e. The first-order valence-electron chi connectivity index (χ1n) is 9.19. The van der Waals surface area contributed by atoms with Crippen molar-refractivity contribution < 1.29 is 9.84 Å². The topological polar surface area (TPSA) is 66.7 Å². The summed E-state index contributed by atoms with van der Waals surface area (Å²) in [7, 11) is 0. The molecule has 0 aliphatic carbocycles. The summed E-state index contributed by atoms with van der Waals surface area (Å²) in [6, 6.07) is 0. The molecule has 0 saturated carbocycles. The Labute approximate surface area is 144 Å². The lowest BCUT2D eigenvalue weighted by atomic mass is 9.98. The van der Waals surface area contributed by atoms with Crippen LogP contribution in [0.15, 0.2) is 12.7 Å². The van der Waals surface area contributed by atoms with Gasteiger partial charge in [0.25, 0.3) is 0 Å². The number of ether oxygens (including phenoxy) is 1. The van der Waals surface area contributed by atoms with Crippen molar-refractivity contribution in [1.29, 1.82) is 0 Å². The van der Waals surface area contributed by atoms with Gasteiger partial charge in [-0.3, -0.25) is 9.58 Å². The zero-order chi connectivity index (χ0) is 16.9. The van der Waals surface area contributed by atoms with E-state index in [2.05, 4.69) is 33.7 Å². The van der Waals surface area contributed by atoms with E-state index >= 15 is 0 Å². The molecule has 1 N–H and O–H groups in total. The van der Waals surface area contributed by atoms with Gasteiger partial charge in [-0.15, -0.1) is 0 Å². The summed E-state index contributed by atoms with van der Waals surface area (Å²) < 4.78 is 7.68. The van der Waals surface area contributed by atoms with E-state index in [9.17, 15) is 5.11 Å². The van der Waals surface area contributed by atoms with Crippen LogP contribution in [-0.2, 0) is 11.3 Å². The highest BCUT2D eigenvalue weighted by Crippen LogP contribution is 2.18. The highest BCUT2D eigenvalue weighted by Gasteiger charge is 2.26. The summed E-state index contributed by atoms with van der Waals surface area (Å²) in [5.74, 6) is 0.594. The van der Waals surface area contributed by atoms with Crippen molar-refractivity contribution in [2.45, 2.75) is 51.5 Å². The summed E-state index contributed by atoms with van der Waals surface area (Å²) in [6.45, 7) is 10.6. The zero-order valence-electron chi connectivity index (χ0n) is 14.9. The zero-order valence-corrected chi connectivity index (χ0v) is 14.9. The third kappa shape index (κ3) is 5.24. The van der Waals surface area contributed by atoms with Gasteiger partial charge < -0.3 is 14.7 Å². The third-order valence-corrected chi connectivity index (χ3v) is 4.95. The Hall–Kier alpha value is -1.02. The molecular formula is C17H31N5O2. The number of β-amino-alcohol motifs (C(OH)–C–C–N with tert-alkyl or cyclic N) is 1. The van der Waals surface area contributed by atoms with Crippen LogP contribution in [0.2, 0.25) is 0 Å². The molecule has 24 heavy (non-hydrogen) atoms. The van der Waals surface area contributed by atoms with E-state index in [1.807, 2.05) is 4.68 Å². The second-order valence-electron chi connectivity index (χ2n) is 7.52. The number of morpholine rings is 1. The van der Waals surface area contributed by atoms with Crippen molar-refractivity contribution in [3.8, 4) is 0 Å². The van der Waals surface area contributed by atoms with Crippen molar-refractivity contribution in [2.24, 2.45) is 5.92 Å². The SMILES string of the molecule is C[C@@H]1CN(C[C@H](O)CN2CCC[C@@H](Cn3cncn3)C2)C[C@H](C)O1. The van der Waals surface area contributed by atoms with Crippen molar-refractivity contribution in [3.05, 3.63) is 12.7 Å². The number of hydrogen-bond donors (Lipinski definition) is 1. The van der Waals surface area contributed by atoms with Gasteiger partial charge in [0, 0.05) is 39.3 Å². The molecule has 3 rings (SSSR count). The van der Waals surface area contributed by atoms with Crippen LogP contribution < -0.4 is 0 Å². The summed E-state index contributed by atoms with van der Waals surface area (Å²) in [5.41, 5.74) is 0. The van der Waals surface area contributed by atoms with Gasteiger partial charge in [-0.25, -0.2) is 4.98 Å². The van der Waals surface area contributed by atoms with Gasteiger partial charge in [0.15, 0.2) is 0 Å². The molecule has 2 fully saturated rings. The Morgan fingerprint density at radius 1 is 1.17 bits per heavy atom. The van der Waals surface area contributed by atoms with Crippen molar-refractivity contribution in [1.82, 2.24) is 24.6 Å². The van der Waals surface area contributed by atoms with Crippen LogP contribution in [0.5, 0.6) is 0 Å². The quantitative estimate of drug-likeness (QED) is 0.813. The Balaban J connectivity index is 1.42. The normalized spacial score (nSPS) is 31.2. The second kappa shape index (κ2) is 8.38. The van der Waals surface area contributed by atoms with E-state index in [0.29, 0.717) is 5.92 Å². The van der Waals surface area contributed by atoms with Crippen LogP contribution in [0.1, 0.15) is 26.7 Å². The van der Waals surface area contributed by atoms with Crippen LogP contribution in [0.3, 0.4) is 0 Å². The molecule has 0 spiro atoms. The molecule has 2 aliphatic heterocycles. The Morgan fingerprint density at radius 2 is 1.92 bits per heavy atom. The van der Waals surface area contributed by atoms with E-state index in [4.69, 9.17) is 4.74 Å². The number of aliphatic hydroxyl groups excluding tert-OH is 1. The number of aliphatic hydroxyl groups is 1. The highest BCUT2D eigenvalue weighted by atomic mass is 16.5. The van der Waals surface area contributed by atoms with E-state index in [-0.39, 0.29) is 18.3 Å². The predicted molar refractivity (Wildman–Crippen MR) is 91.6 cm³/mol. The Bertz CT molecular complexity index is 473. The number of nitrogens with zero attached hydrogens (tertiary/aromatic N) is 5. The van der Waals surface area contributed by atoms with Crippen LogP contribution in [0.25, 0.3) is 0 Å². The summed E-state index contributed by atoms with van der Waals surface area (Å²) in [6.07, 6.45) is 6.00. The molecule has 1 aromatic rings. The average molecular weight is 337 g/mol. The van der Waals surface area contributed by atoms with E-state index in [1.165, 1.54) is 12.8 Å². The standard InChI is InChI=1S/C17H31N5O2/c1-14-6-21(7-15(2)24-14)11-17(23)10-20-5-3-4-16(8-20)9-22-13-18-12-19-22/h12-17,23H,3-11H2,1-2H3/t14-,15+,16-,17-/m1/s1. The molecule has 4 atom stereocenters. The number of aromatic nitrogens is 3. The van der Waals surface area contributed by atoms with Crippen molar-refractivity contribution >= 4 is 0 Å². The largest absolute Gasteiger partial charge is 0.390 e. The number of rotatable bonds is 6. The molecule has 0 amide bonds. The maximum atomic E-state index is 10.5. The number of piperidine rings is 1. The smallest absolute Gasteiger partial charge is 0.137 e. The molecule has 7 nitrogen and oxygen atoms in total. The van der Waals surface area contributed by atoms with E-state index in [0.717, 1.165) is 45.8 Å². The number of hydrogen-bond acceptors (Lipinski definition) is 6. The average Bonchev–Trinajstić information content (AvgIpc) is 2.99. The van der Waals surface area contributed by atoms with Crippen LogP contribution in [0, 0.1) is 5.92 Å². The van der Waals surface area contributed by atoms with Gasteiger partial charge >= 0.3 is 0 Å². The molecular weight excluding hydrogens is 306 g/mol. The molecule has 0 unspecified atom stereocenters. The van der Waals surface area contributed by atoms with Crippen LogP contribution >= 0.6 is 0 Å². The van der Waals surface area contributed by atoms with Crippen LogP contribution in [-0.4, -0.2) is 87.3 Å². The minimum atomic E-state index is -0.298. The molecule has 2 saturated heterocycles. The number of likely N-dealkylation sites (tertiary alicyclic amines) is 1. The molecule has 136 valence electrons. The first kappa shape index (κ1) is 17.8. The fourth-order valence-corrected chi connectivity index (χ4v) is 4.14. The lowest BCUT2D eigenvalue weighted by molar-refractivity contribution is -0.0785. The fraction of sp³-hybridized carbons (Fsp3) is 0.882. The summed E-state index contributed by atoms with van der Waals surface area (Å²) in [4.78, 5) is 8.75. The van der Waals surface area contributed by atoms with E-state index in [1.54, 1.807) is 12.7 Å². The molecule has 3 heterocycles. The van der Waals surface area contributed by atoms with Crippen molar-refractivity contribution in [2.75, 3.05) is 39.3 Å². The van der Waals surface area contributed by atoms with Gasteiger partial charge in [-0.2, -0.15) is 5.10 Å². The first-order valence-corrected chi connectivity index (χ1v) is 9.19. The van der Waals surface area contributed by atoms with Gasteiger partial charge in [0.1, 0.15) is 12.7 Å². The Kier molecular flexibility index (Phi) is 6.21. The van der Waals surface area contributed by atoms with E-state index < -0.39 is 0 Å². The Morgan fingerprint density at radius 3 is 2.62 bits per heavy atom.